The van der Waals surface area contributed by atoms with Crippen molar-refractivity contribution in [1.82, 2.24) is 10.3 Å². The minimum absolute atomic E-state index is 0. The number of aromatic nitrogens is 1. The molecule has 1 saturated heterocycles. The van der Waals surface area contributed by atoms with Gasteiger partial charge < -0.3 is 5.32 Å². The summed E-state index contributed by atoms with van der Waals surface area (Å²) in [5.74, 6) is 0. The Balaban J connectivity index is 0.000000720. The Bertz CT molecular complexity index is 261. The number of rotatable bonds is 1. The van der Waals surface area contributed by atoms with Crippen LogP contribution in [-0.2, 0) is 0 Å². The van der Waals surface area contributed by atoms with Gasteiger partial charge >= 0.3 is 0 Å². The molecule has 12 heavy (non-hydrogen) atoms. The van der Waals surface area contributed by atoms with Crippen molar-refractivity contribution < 1.29 is 0 Å². The standard InChI is InChI=1S/C8H9ClN2.ClH/c9-7-5-10-3-1-6(7)8-2-4-11-8;/h1,3,5,8,11H,2,4H2;1H/t8-;/m1./s1. The number of nitrogens with zero attached hydrogens (tertiary/aromatic N) is 1. The molecule has 1 aliphatic heterocycles. The highest BCUT2D eigenvalue weighted by Gasteiger charge is 2.20. The van der Waals surface area contributed by atoms with Gasteiger partial charge in [-0.3, -0.25) is 4.98 Å². The van der Waals surface area contributed by atoms with E-state index in [9.17, 15) is 0 Å². The van der Waals surface area contributed by atoms with Crippen LogP contribution in [0.25, 0.3) is 0 Å². The fourth-order valence-electron chi connectivity index (χ4n) is 1.22. The lowest BCUT2D eigenvalue weighted by atomic mass is 9.99. The molecule has 0 spiro atoms. The SMILES string of the molecule is Cl.Clc1cnccc1[C@H]1CCN1. The molecule has 1 fully saturated rings. The fourth-order valence-corrected chi connectivity index (χ4v) is 1.47. The van der Waals surface area contributed by atoms with Crippen molar-refractivity contribution >= 4 is 24.0 Å². The van der Waals surface area contributed by atoms with Gasteiger partial charge in [-0.2, -0.15) is 0 Å². The molecule has 0 unspecified atom stereocenters. The van der Waals surface area contributed by atoms with E-state index < -0.39 is 0 Å². The van der Waals surface area contributed by atoms with Gasteiger partial charge in [0.2, 0.25) is 0 Å². The van der Waals surface area contributed by atoms with Crippen LogP contribution in [0.1, 0.15) is 18.0 Å². The van der Waals surface area contributed by atoms with Gasteiger partial charge in [0.1, 0.15) is 0 Å². The highest BCUT2D eigenvalue weighted by atomic mass is 35.5. The third kappa shape index (κ3) is 1.71. The van der Waals surface area contributed by atoms with Crippen molar-refractivity contribution in [2.75, 3.05) is 6.54 Å². The second-order valence-corrected chi connectivity index (χ2v) is 3.10. The smallest absolute Gasteiger partial charge is 0.0637 e. The molecule has 0 aromatic carbocycles. The van der Waals surface area contributed by atoms with Crippen molar-refractivity contribution in [1.29, 1.82) is 0 Å². The van der Waals surface area contributed by atoms with E-state index in [0.29, 0.717) is 6.04 Å². The maximum atomic E-state index is 5.93. The molecule has 66 valence electrons. The molecule has 0 amide bonds. The first-order valence-electron chi connectivity index (χ1n) is 3.71. The maximum Gasteiger partial charge on any atom is 0.0637 e. The third-order valence-corrected chi connectivity index (χ3v) is 2.32. The molecular formula is C8H10Cl2N2. The van der Waals surface area contributed by atoms with Crippen LogP contribution >= 0.6 is 24.0 Å². The van der Waals surface area contributed by atoms with E-state index in [-0.39, 0.29) is 12.4 Å². The lowest BCUT2D eigenvalue weighted by molar-refractivity contribution is 0.383. The first kappa shape index (κ1) is 9.78. The van der Waals surface area contributed by atoms with Gasteiger partial charge in [-0.1, -0.05) is 11.6 Å². The van der Waals surface area contributed by atoms with Crippen LogP contribution in [0.5, 0.6) is 0 Å². The largest absolute Gasteiger partial charge is 0.310 e. The Hall–Kier alpha value is -0.310. The summed E-state index contributed by atoms with van der Waals surface area (Å²) >= 11 is 5.93. The molecule has 1 atom stereocenters. The van der Waals surface area contributed by atoms with E-state index in [0.717, 1.165) is 11.6 Å². The highest BCUT2D eigenvalue weighted by molar-refractivity contribution is 6.31. The van der Waals surface area contributed by atoms with Crippen molar-refractivity contribution in [3.8, 4) is 0 Å². The van der Waals surface area contributed by atoms with Crippen LogP contribution in [0.4, 0.5) is 0 Å². The minimum atomic E-state index is 0. The van der Waals surface area contributed by atoms with Crippen molar-refractivity contribution in [2.45, 2.75) is 12.5 Å². The van der Waals surface area contributed by atoms with Crippen LogP contribution in [0.2, 0.25) is 5.02 Å². The Morgan fingerprint density at radius 2 is 2.33 bits per heavy atom. The van der Waals surface area contributed by atoms with Crippen LogP contribution in [0, 0.1) is 0 Å². The molecule has 0 bridgehead atoms. The summed E-state index contributed by atoms with van der Waals surface area (Å²) in [6, 6.07) is 2.43. The Labute approximate surface area is 82.7 Å². The Kier molecular flexibility index (Phi) is 3.32. The molecule has 2 nitrogen and oxygen atoms in total. The van der Waals surface area contributed by atoms with E-state index in [1.807, 2.05) is 6.07 Å². The van der Waals surface area contributed by atoms with Crippen LogP contribution < -0.4 is 5.32 Å². The van der Waals surface area contributed by atoms with Gasteiger partial charge in [0, 0.05) is 18.4 Å². The summed E-state index contributed by atoms with van der Waals surface area (Å²) < 4.78 is 0. The molecule has 0 aliphatic carbocycles. The summed E-state index contributed by atoms with van der Waals surface area (Å²) in [6.07, 6.45) is 4.65. The number of halogens is 2. The number of hydrogen-bond acceptors (Lipinski definition) is 2. The monoisotopic (exact) mass is 204 g/mol. The zero-order valence-corrected chi connectivity index (χ0v) is 8.03. The Morgan fingerprint density at radius 3 is 2.83 bits per heavy atom. The molecular weight excluding hydrogens is 195 g/mol. The third-order valence-electron chi connectivity index (χ3n) is 2.00. The molecule has 4 heteroatoms. The van der Waals surface area contributed by atoms with Gasteiger partial charge in [-0.05, 0) is 24.6 Å². The molecule has 0 radical (unpaired) electrons. The van der Waals surface area contributed by atoms with Crippen molar-refractivity contribution in [3.05, 3.63) is 29.0 Å². The minimum Gasteiger partial charge on any atom is -0.310 e. The van der Waals surface area contributed by atoms with Crippen molar-refractivity contribution in [3.63, 3.8) is 0 Å². The van der Waals surface area contributed by atoms with Gasteiger partial charge in [-0.25, -0.2) is 0 Å². The lowest BCUT2D eigenvalue weighted by Crippen LogP contribution is -2.35. The normalized spacial score (nSPS) is 20.9. The number of pyridine rings is 1. The Morgan fingerprint density at radius 1 is 1.58 bits per heavy atom. The summed E-state index contributed by atoms with van der Waals surface area (Å²) in [4.78, 5) is 3.93. The molecule has 1 aliphatic rings. The van der Waals surface area contributed by atoms with E-state index in [1.54, 1.807) is 12.4 Å². The second-order valence-electron chi connectivity index (χ2n) is 2.69. The summed E-state index contributed by atoms with van der Waals surface area (Å²) in [7, 11) is 0. The van der Waals surface area contributed by atoms with E-state index in [1.165, 1.54) is 12.0 Å². The first-order chi connectivity index (χ1) is 5.38. The predicted molar refractivity (Wildman–Crippen MR) is 51.9 cm³/mol. The molecule has 1 N–H and O–H groups in total. The molecule has 1 aromatic rings. The van der Waals surface area contributed by atoms with Crippen LogP contribution in [0.3, 0.4) is 0 Å². The highest BCUT2D eigenvalue weighted by Crippen LogP contribution is 2.27. The summed E-state index contributed by atoms with van der Waals surface area (Å²) in [6.45, 7) is 1.10. The van der Waals surface area contributed by atoms with Gasteiger partial charge in [0.05, 0.1) is 5.02 Å². The zero-order valence-electron chi connectivity index (χ0n) is 6.46. The first-order valence-corrected chi connectivity index (χ1v) is 4.08. The zero-order chi connectivity index (χ0) is 7.68. The van der Waals surface area contributed by atoms with Crippen LogP contribution in [0.15, 0.2) is 18.5 Å². The molecule has 0 saturated carbocycles. The molecule has 2 rings (SSSR count). The van der Waals surface area contributed by atoms with Crippen LogP contribution in [-0.4, -0.2) is 11.5 Å². The summed E-state index contributed by atoms with van der Waals surface area (Å²) in [5, 5.41) is 4.06. The lowest BCUT2D eigenvalue weighted by Gasteiger charge is -2.28. The summed E-state index contributed by atoms with van der Waals surface area (Å²) in [5.41, 5.74) is 1.17. The quantitative estimate of drug-likeness (QED) is 0.760. The fraction of sp³-hybridized carbons (Fsp3) is 0.375. The van der Waals surface area contributed by atoms with E-state index in [2.05, 4.69) is 10.3 Å². The molecule has 2 heterocycles. The second kappa shape index (κ2) is 4.08. The average Bonchev–Trinajstić information content (AvgIpc) is 1.90. The van der Waals surface area contributed by atoms with E-state index in [4.69, 9.17) is 11.6 Å². The topological polar surface area (TPSA) is 24.9 Å². The van der Waals surface area contributed by atoms with Gasteiger partial charge in [-0.15, -0.1) is 12.4 Å². The predicted octanol–water partition coefficient (Wildman–Crippen LogP) is 2.19. The maximum absolute atomic E-state index is 5.93. The molecule has 1 aromatic heterocycles. The number of nitrogens with one attached hydrogen (secondary N) is 1. The van der Waals surface area contributed by atoms with Gasteiger partial charge in [0.25, 0.3) is 0 Å². The average molecular weight is 205 g/mol. The number of hydrogen-bond donors (Lipinski definition) is 1. The van der Waals surface area contributed by atoms with E-state index >= 15 is 0 Å². The van der Waals surface area contributed by atoms with Crippen molar-refractivity contribution in [2.24, 2.45) is 0 Å². The van der Waals surface area contributed by atoms with Gasteiger partial charge in [0.15, 0.2) is 0 Å².